The number of carboxylic acids is 2. The number of aliphatic carboxylic acids is 2. The smallest absolute Gasteiger partial charge is 0.548 e. The molecule has 0 spiro atoms. The van der Waals surface area contributed by atoms with E-state index in [9.17, 15) is 29.4 Å². The maximum absolute atomic E-state index is 12.8. The van der Waals surface area contributed by atoms with Gasteiger partial charge in [0.05, 0.1) is 24.0 Å². The zero-order chi connectivity index (χ0) is 46.2. The van der Waals surface area contributed by atoms with Gasteiger partial charge < -0.3 is 51.5 Å². The van der Waals surface area contributed by atoms with Crippen molar-refractivity contribution in [1.82, 2.24) is 51.0 Å². The second kappa shape index (κ2) is 30.8. The fraction of sp³-hybridized carbons (Fsp3) is 0.375. The molecule has 21 heteroatoms. The molecule has 20 nitrogen and oxygen atoms in total. The molecule has 0 aliphatic heterocycles. The van der Waals surface area contributed by atoms with Crippen molar-refractivity contribution >= 4 is 46.8 Å². The average molecular weight is 965 g/mol. The quantitative estimate of drug-likeness (QED) is 0.104. The van der Waals surface area contributed by atoms with Crippen molar-refractivity contribution < 1.29 is 51.3 Å². The van der Waals surface area contributed by atoms with Crippen molar-refractivity contribution in [3.63, 3.8) is 0 Å². The first-order valence-corrected chi connectivity index (χ1v) is 21.7. The Kier molecular flexibility index (Phi) is 27.9. The minimum absolute atomic E-state index is 0. The average Bonchev–Trinajstić information content (AvgIpc) is 4.04. The van der Waals surface area contributed by atoms with Crippen LogP contribution in [0.3, 0.4) is 0 Å². The number of hydrogen-bond donors (Lipinski definition) is 2. The van der Waals surface area contributed by atoms with Crippen LogP contribution in [-0.2, 0) is 32.3 Å². The molecule has 2 aromatic heterocycles. The summed E-state index contributed by atoms with van der Waals surface area (Å²) in [6.45, 7) is 11.6. The SMILES string of the molecule is CCCCC(=O)N(Cc1ccc(-c2ccccc2-c2nn[nH]n2)cc1)[C@H](C(=O)[O-])C(C)C.CCCCC(=O)N(Cc1ccc(-c2ccccc2-c2nn[nH]n2)cc1)[C@H](C(=O)[O-])C(C)C.O.O.O.O.[Mg+2]. The fourth-order valence-corrected chi connectivity index (χ4v) is 7.53. The van der Waals surface area contributed by atoms with E-state index >= 15 is 0 Å². The Balaban J connectivity index is 0.00000125. The maximum atomic E-state index is 12.8. The van der Waals surface area contributed by atoms with Gasteiger partial charge >= 0.3 is 23.1 Å². The molecule has 10 N–H and O–H groups in total. The second-order valence-electron chi connectivity index (χ2n) is 16.2. The summed E-state index contributed by atoms with van der Waals surface area (Å²) < 4.78 is 0. The van der Waals surface area contributed by atoms with E-state index < -0.39 is 24.0 Å². The number of carbonyl (C=O) groups excluding carboxylic acids is 4. The van der Waals surface area contributed by atoms with Gasteiger partial charge in [-0.1, -0.05) is 151 Å². The van der Waals surface area contributed by atoms with Crippen molar-refractivity contribution in [3.05, 3.63) is 108 Å². The first kappa shape index (κ1) is 62.5. The van der Waals surface area contributed by atoms with E-state index in [0.29, 0.717) is 24.5 Å². The third-order valence-corrected chi connectivity index (χ3v) is 10.8. The monoisotopic (exact) mass is 964 g/mol. The number of carboxylic acid groups (broad SMARTS) is 2. The first-order chi connectivity index (χ1) is 30.8. The van der Waals surface area contributed by atoms with Crippen LogP contribution in [0.4, 0.5) is 0 Å². The van der Waals surface area contributed by atoms with Gasteiger partial charge in [-0.05, 0) is 68.5 Å². The molecule has 0 saturated carbocycles. The van der Waals surface area contributed by atoms with Crippen LogP contribution < -0.4 is 10.2 Å². The summed E-state index contributed by atoms with van der Waals surface area (Å²) in [6.07, 6.45) is 3.82. The number of carbonyl (C=O) groups is 4. The van der Waals surface area contributed by atoms with E-state index in [2.05, 4.69) is 41.2 Å². The maximum Gasteiger partial charge on any atom is 2.00 e. The number of benzene rings is 4. The van der Waals surface area contributed by atoms with Crippen LogP contribution >= 0.6 is 0 Å². The summed E-state index contributed by atoms with van der Waals surface area (Å²) in [7, 11) is 0. The van der Waals surface area contributed by atoms with Crippen molar-refractivity contribution in [2.24, 2.45) is 11.8 Å². The van der Waals surface area contributed by atoms with Crippen molar-refractivity contribution in [2.45, 2.75) is 105 Å². The zero-order valence-corrected chi connectivity index (χ0v) is 41.4. The van der Waals surface area contributed by atoms with Crippen LogP contribution in [0.5, 0.6) is 0 Å². The minimum Gasteiger partial charge on any atom is -0.548 e. The molecule has 6 aromatic rings. The topological polar surface area (TPSA) is 356 Å². The van der Waals surface area contributed by atoms with Crippen LogP contribution in [0.25, 0.3) is 45.0 Å². The summed E-state index contributed by atoms with van der Waals surface area (Å²) in [6, 6.07) is 29.0. The molecular formula is C48H64MgN10O10. The number of unbranched alkanes of at least 4 members (excludes halogenated alkanes) is 2. The van der Waals surface area contributed by atoms with E-state index in [0.717, 1.165) is 70.2 Å². The number of H-pyrrole nitrogens is 2. The third kappa shape index (κ3) is 16.9. The molecule has 368 valence electrons. The Hall–Kier alpha value is -6.49. The van der Waals surface area contributed by atoms with Gasteiger partial charge in [-0.3, -0.25) is 9.59 Å². The van der Waals surface area contributed by atoms with Crippen molar-refractivity contribution in [2.75, 3.05) is 0 Å². The fourth-order valence-electron chi connectivity index (χ4n) is 7.53. The van der Waals surface area contributed by atoms with Gasteiger partial charge in [0.25, 0.3) is 0 Å². The molecule has 0 radical (unpaired) electrons. The van der Waals surface area contributed by atoms with Gasteiger partial charge in [-0.15, -0.1) is 20.4 Å². The molecule has 0 aliphatic rings. The normalized spacial score (nSPS) is 11.1. The standard InChI is InChI=1S/2C24H29N5O3.Mg.4H2O/c2*1-4-5-10-21(30)29(22(16(2)3)24(31)32)15-17-11-13-18(14-12-17)19-8-6-7-9-20(19)23-25-27-28-26-23;;;;;/h2*6-9,11-14,16,22H,4-5,10,15H2,1-3H3,(H,31,32)(H,25,26,27,28);;4*1H2/q;;+2;;;;/p-2/t2*22-;;;;;/m00...../s1. The molecule has 2 atom stereocenters. The molecule has 2 amide bonds. The molecule has 69 heavy (non-hydrogen) atoms. The number of aromatic amines is 2. The molecular weight excluding hydrogens is 901 g/mol. The summed E-state index contributed by atoms with van der Waals surface area (Å²) in [5, 5.41) is 52.1. The van der Waals surface area contributed by atoms with Gasteiger partial charge in [0.2, 0.25) is 23.5 Å². The summed E-state index contributed by atoms with van der Waals surface area (Å²) in [4.78, 5) is 52.2. The third-order valence-electron chi connectivity index (χ3n) is 10.8. The molecule has 6 rings (SSSR count). The number of nitrogens with one attached hydrogen (secondary N) is 2. The zero-order valence-electron chi connectivity index (χ0n) is 39.9. The largest absolute Gasteiger partial charge is 2.00 e. The van der Waals surface area contributed by atoms with Gasteiger partial charge in [0.15, 0.2) is 0 Å². The Morgan fingerprint density at radius 3 is 1.10 bits per heavy atom. The van der Waals surface area contributed by atoms with E-state index in [1.165, 1.54) is 9.80 Å². The van der Waals surface area contributed by atoms with Crippen LogP contribution in [0.2, 0.25) is 0 Å². The number of tetrazole rings is 2. The van der Waals surface area contributed by atoms with Crippen molar-refractivity contribution in [1.29, 1.82) is 0 Å². The van der Waals surface area contributed by atoms with Gasteiger partial charge in [-0.25, -0.2) is 0 Å². The van der Waals surface area contributed by atoms with E-state index in [1.54, 1.807) is 27.7 Å². The van der Waals surface area contributed by atoms with E-state index in [4.69, 9.17) is 0 Å². The van der Waals surface area contributed by atoms with Crippen LogP contribution in [0.15, 0.2) is 97.1 Å². The van der Waals surface area contributed by atoms with Gasteiger partial charge in [0, 0.05) is 37.1 Å². The Bertz CT molecular complexity index is 2250. The molecule has 2 heterocycles. The molecule has 0 bridgehead atoms. The summed E-state index contributed by atoms with van der Waals surface area (Å²) >= 11 is 0. The molecule has 4 aromatic carbocycles. The van der Waals surface area contributed by atoms with Crippen molar-refractivity contribution in [3.8, 4) is 45.0 Å². The van der Waals surface area contributed by atoms with E-state index in [-0.39, 0.29) is 81.7 Å². The number of hydrogen-bond acceptors (Lipinski definition) is 12. The van der Waals surface area contributed by atoms with Crippen LogP contribution in [0.1, 0.15) is 91.2 Å². The minimum atomic E-state index is -1.23. The molecule has 0 fully saturated rings. The summed E-state index contributed by atoms with van der Waals surface area (Å²) in [5.74, 6) is -2.29. The predicted octanol–water partition coefficient (Wildman–Crippen LogP) is 1.97. The number of nitrogens with zero attached hydrogens (tertiary/aromatic N) is 8. The number of amides is 2. The predicted molar refractivity (Wildman–Crippen MR) is 258 cm³/mol. The molecule has 0 saturated heterocycles. The second-order valence-corrected chi connectivity index (χ2v) is 16.2. The summed E-state index contributed by atoms with van der Waals surface area (Å²) in [5.41, 5.74) is 7.21. The molecule has 0 unspecified atom stereocenters. The van der Waals surface area contributed by atoms with Gasteiger partial charge in [-0.2, -0.15) is 10.4 Å². The van der Waals surface area contributed by atoms with Crippen LogP contribution in [0, 0.1) is 11.8 Å². The van der Waals surface area contributed by atoms with E-state index in [1.807, 2.05) is 111 Å². The van der Waals surface area contributed by atoms with Gasteiger partial charge in [0.1, 0.15) is 0 Å². The van der Waals surface area contributed by atoms with Crippen LogP contribution in [-0.4, -0.2) is 132 Å². The Morgan fingerprint density at radius 1 is 0.522 bits per heavy atom. The number of rotatable bonds is 20. The number of aromatic nitrogens is 8. The molecule has 0 aliphatic carbocycles. The Labute approximate surface area is 417 Å². The first-order valence-electron chi connectivity index (χ1n) is 21.7. The Morgan fingerprint density at radius 2 is 0.841 bits per heavy atom.